The van der Waals surface area contributed by atoms with Crippen LogP contribution in [-0.2, 0) is 14.9 Å². The van der Waals surface area contributed by atoms with Gasteiger partial charge < -0.3 is 4.74 Å². The van der Waals surface area contributed by atoms with Crippen LogP contribution in [0, 0.1) is 5.92 Å². The molecule has 1 aromatic rings. The number of esters is 1. The maximum atomic E-state index is 12.6. The van der Waals surface area contributed by atoms with Gasteiger partial charge in [-0.15, -0.1) is 11.8 Å². The van der Waals surface area contributed by atoms with Crippen LogP contribution in [0.1, 0.15) is 24.8 Å². The minimum atomic E-state index is -0.0256. The number of hydrogen-bond donors (Lipinski definition) is 0. The summed E-state index contributed by atoms with van der Waals surface area (Å²) in [6.45, 7) is 0. The Hall–Kier alpha value is -1.00. The largest absolute Gasteiger partial charge is 0.469 e. The Morgan fingerprint density at radius 2 is 2.19 bits per heavy atom. The van der Waals surface area contributed by atoms with Crippen molar-refractivity contribution in [2.75, 3.05) is 19.9 Å². The molecule has 1 spiro atoms. The molecule has 4 heteroatoms. The lowest BCUT2D eigenvalue weighted by molar-refractivity contribution is -0.153. The minimum absolute atomic E-state index is 0.0211. The topological polar surface area (TPSA) is 29.5 Å². The summed E-state index contributed by atoms with van der Waals surface area (Å²) in [5.41, 5.74) is 1.36. The fraction of sp³-hybridized carbons (Fsp3) is 0.588. The summed E-state index contributed by atoms with van der Waals surface area (Å²) in [5, 5.41) is 0. The van der Waals surface area contributed by atoms with E-state index in [0.29, 0.717) is 12.1 Å². The van der Waals surface area contributed by atoms with Gasteiger partial charge in [-0.05, 0) is 37.9 Å². The van der Waals surface area contributed by atoms with Crippen molar-refractivity contribution in [3.63, 3.8) is 0 Å². The van der Waals surface area contributed by atoms with E-state index in [0.717, 1.165) is 18.6 Å². The predicted octanol–water partition coefficient (Wildman–Crippen LogP) is 2.69. The van der Waals surface area contributed by atoms with Crippen LogP contribution in [0.2, 0.25) is 0 Å². The Balaban J connectivity index is 1.85. The number of carbonyl (C=O) groups excluding carboxylic acids is 1. The van der Waals surface area contributed by atoms with Crippen molar-refractivity contribution < 1.29 is 9.53 Å². The summed E-state index contributed by atoms with van der Waals surface area (Å²) in [7, 11) is 3.71. The molecule has 3 aliphatic heterocycles. The molecule has 2 saturated heterocycles. The van der Waals surface area contributed by atoms with Crippen LogP contribution >= 0.6 is 11.8 Å². The third kappa shape index (κ3) is 1.75. The van der Waals surface area contributed by atoms with E-state index < -0.39 is 0 Å². The van der Waals surface area contributed by atoms with Crippen LogP contribution in [0.4, 0.5) is 0 Å². The summed E-state index contributed by atoms with van der Waals surface area (Å²) >= 11 is 1.91. The van der Waals surface area contributed by atoms with E-state index in [1.165, 1.54) is 24.0 Å². The Morgan fingerprint density at radius 3 is 3.00 bits per heavy atom. The van der Waals surface area contributed by atoms with Gasteiger partial charge >= 0.3 is 5.97 Å². The SMILES string of the molecule is COC(=O)[C@H]1[C@H]2CC[C@@H](C[C@@]13CSc1ccccc13)N2C. The zero-order valence-corrected chi connectivity index (χ0v) is 13.4. The summed E-state index contributed by atoms with van der Waals surface area (Å²) in [6, 6.07) is 9.59. The van der Waals surface area contributed by atoms with Crippen molar-refractivity contribution in [2.45, 2.75) is 41.7 Å². The molecule has 21 heavy (non-hydrogen) atoms. The number of rotatable bonds is 1. The second kappa shape index (κ2) is 4.75. The number of ether oxygens (including phenoxy) is 1. The molecule has 2 fully saturated rings. The molecule has 0 N–H and O–H groups in total. The number of hydrogen-bond acceptors (Lipinski definition) is 4. The standard InChI is InChI=1S/C17H21NO2S/c1-18-11-7-8-13(18)15(16(19)20-2)17(9-11)10-21-14-6-4-3-5-12(14)17/h3-6,11,13,15H,7-10H2,1-2H3/t11-,13+,15+,17-/m0/s1. The number of carbonyl (C=O) groups is 1. The van der Waals surface area contributed by atoms with E-state index in [-0.39, 0.29) is 17.3 Å². The molecule has 112 valence electrons. The molecule has 0 amide bonds. The van der Waals surface area contributed by atoms with E-state index in [1.807, 2.05) is 11.8 Å². The maximum Gasteiger partial charge on any atom is 0.311 e. The fourth-order valence-corrected chi connectivity index (χ4v) is 6.30. The smallest absolute Gasteiger partial charge is 0.311 e. The fourth-order valence-electron chi connectivity index (χ4n) is 4.83. The molecular weight excluding hydrogens is 282 g/mol. The highest BCUT2D eigenvalue weighted by Crippen LogP contribution is 2.57. The number of benzene rings is 1. The van der Waals surface area contributed by atoms with Gasteiger partial charge in [0.2, 0.25) is 0 Å². The molecule has 0 aromatic heterocycles. The molecule has 0 saturated carbocycles. The second-order valence-electron chi connectivity index (χ2n) is 6.61. The monoisotopic (exact) mass is 303 g/mol. The minimum Gasteiger partial charge on any atom is -0.469 e. The number of methoxy groups -OCH3 is 1. The average molecular weight is 303 g/mol. The molecule has 2 bridgehead atoms. The Labute approximate surface area is 130 Å². The van der Waals surface area contributed by atoms with Gasteiger partial charge in [-0.1, -0.05) is 18.2 Å². The summed E-state index contributed by atoms with van der Waals surface area (Å²) < 4.78 is 5.22. The first-order valence-corrected chi connectivity index (χ1v) is 8.68. The van der Waals surface area contributed by atoms with Crippen molar-refractivity contribution >= 4 is 17.7 Å². The molecule has 3 aliphatic rings. The van der Waals surface area contributed by atoms with E-state index in [9.17, 15) is 4.79 Å². The van der Waals surface area contributed by atoms with Crippen molar-refractivity contribution in [3.05, 3.63) is 29.8 Å². The van der Waals surface area contributed by atoms with Crippen LogP contribution in [0.3, 0.4) is 0 Å². The maximum absolute atomic E-state index is 12.6. The lowest BCUT2D eigenvalue weighted by Crippen LogP contribution is -2.58. The summed E-state index contributed by atoms with van der Waals surface area (Å²) in [5.74, 6) is 0.972. The second-order valence-corrected chi connectivity index (χ2v) is 7.63. The van der Waals surface area contributed by atoms with Crippen molar-refractivity contribution in [1.82, 2.24) is 4.90 Å². The van der Waals surface area contributed by atoms with Crippen LogP contribution in [0.25, 0.3) is 0 Å². The zero-order chi connectivity index (χ0) is 14.6. The van der Waals surface area contributed by atoms with Crippen LogP contribution < -0.4 is 0 Å². The third-order valence-electron chi connectivity index (χ3n) is 5.84. The lowest BCUT2D eigenvalue weighted by Gasteiger charge is -2.48. The van der Waals surface area contributed by atoms with Gasteiger partial charge in [0.25, 0.3) is 0 Å². The first-order valence-electron chi connectivity index (χ1n) is 7.69. The molecule has 0 unspecified atom stereocenters. The Morgan fingerprint density at radius 1 is 1.38 bits per heavy atom. The van der Waals surface area contributed by atoms with Gasteiger partial charge in [0, 0.05) is 28.1 Å². The summed E-state index contributed by atoms with van der Waals surface area (Å²) in [6.07, 6.45) is 3.42. The van der Waals surface area contributed by atoms with E-state index in [1.54, 1.807) is 0 Å². The van der Waals surface area contributed by atoms with Crippen LogP contribution in [0.15, 0.2) is 29.2 Å². The van der Waals surface area contributed by atoms with Gasteiger partial charge in [0.05, 0.1) is 13.0 Å². The third-order valence-corrected chi connectivity index (χ3v) is 7.17. The number of fused-ring (bicyclic) bond motifs is 4. The van der Waals surface area contributed by atoms with E-state index in [4.69, 9.17) is 4.74 Å². The average Bonchev–Trinajstić information content (AvgIpc) is 2.97. The van der Waals surface area contributed by atoms with Crippen LogP contribution in [0.5, 0.6) is 0 Å². The Kier molecular flexibility index (Phi) is 3.09. The van der Waals surface area contributed by atoms with E-state index >= 15 is 0 Å². The number of thioether (sulfide) groups is 1. The van der Waals surface area contributed by atoms with Crippen molar-refractivity contribution in [3.8, 4) is 0 Å². The molecule has 3 heterocycles. The number of nitrogens with zero attached hydrogens (tertiary/aromatic N) is 1. The van der Waals surface area contributed by atoms with E-state index in [2.05, 4.69) is 36.2 Å². The molecule has 4 rings (SSSR count). The highest BCUT2D eigenvalue weighted by molar-refractivity contribution is 7.99. The normalized spacial score (nSPS) is 37.7. The first-order chi connectivity index (χ1) is 10.2. The highest BCUT2D eigenvalue weighted by atomic mass is 32.2. The number of piperidine rings is 1. The molecular formula is C17H21NO2S. The van der Waals surface area contributed by atoms with Crippen molar-refractivity contribution in [2.24, 2.45) is 5.92 Å². The van der Waals surface area contributed by atoms with Gasteiger partial charge in [-0.2, -0.15) is 0 Å². The Bertz CT molecular complexity index is 590. The molecule has 4 atom stereocenters. The van der Waals surface area contributed by atoms with Gasteiger partial charge in [0.1, 0.15) is 0 Å². The quantitative estimate of drug-likeness (QED) is 0.746. The zero-order valence-electron chi connectivity index (χ0n) is 12.5. The van der Waals surface area contributed by atoms with Crippen LogP contribution in [-0.4, -0.2) is 42.9 Å². The van der Waals surface area contributed by atoms with Gasteiger partial charge in [-0.3, -0.25) is 9.69 Å². The predicted molar refractivity (Wildman–Crippen MR) is 83.5 cm³/mol. The lowest BCUT2D eigenvalue weighted by atomic mass is 9.64. The highest BCUT2D eigenvalue weighted by Gasteiger charge is 2.60. The van der Waals surface area contributed by atoms with Crippen molar-refractivity contribution in [1.29, 1.82) is 0 Å². The van der Waals surface area contributed by atoms with Gasteiger partial charge in [0.15, 0.2) is 0 Å². The first kappa shape index (κ1) is 13.6. The molecule has 1 aromatic carbocycles. The summed E-state index contributed by atoms with van der Waals surface area (Å²) in [4.78, 5) is 16.4. The molecule has 0 aliphatic carbocycles. The molecule has 0 radical (unpaired) electrons. The molecule has 3 nitrogen and oxygen atoms in total. The van der Waals surface area contributed by atoms with Gasteiger partial charge in [-0.25, -0.2) is 0 Å².